The van der Waals surface area contributed by atoms with Gasteiger partial charge < -0.3 is 9.84 Å². The normalized spacial score (nSPS) is 22.8. The van der Waals surface area contributed by atoms with Gasteiger partial charge in [0, 0.05) is 85.0 Å². The molecule has 0 aliphatic carbocycles. The van der Waals surface area contributed by atoms with Crippen LogP contribution in [0.25, 0.3) is 0 Å². The Morgan fingerprint density at radius 3 is 1.88 bits per heavy atom. The highest BCUT2D eigenvalue weighted by Crippen LogP contribution is 2.11. The molecule has 0 amide bonds. The number of aliphatic hydroxyl groups is 1. The third-order valence-corrected chi connectivity index (χ3v) is 5.15. The summed E-state index contributed by atoms with van der Waals surface area (Å²) in [5, 5.41) is 9.38. The number of hydrogen-bond acceptors (Lipinski definition) is 6. The van der Waals surface area contributed by atoms with E-state index in [9.17, 15) is 5.11 Å². The van der Waals surface area contributed by atoms with E-state index < -0.39 is 0 Å². The molecule has 6 nitrogen and oxygen atoms in total. The predicted molar refractivity (Wildman–Crippen MR) is 103 cm³/mol. The Morgan fingerprint density at radius 1 is 0.840 bits per heavy atom. The van der Waals surface area contributed by atoms with Gasteiger partial charge in [-0.3, -0.25) is 19.6 Å². The fourth-order valence-corrected chi connectivity index (χ4v) is 3.59. The van der Waals surface area contributed by atoms with Gasteiger partial charge in [0.15, 0.2) is 0 Å². The van der Waals surface area contributed by atoms with E-state index in [0.717, 1.165) is 78.6 Å². The Morgan fingerprint density at radius 2 is 1.36 bits per heavy atom. The second-order valence-corrected chi connectivity index (χ2v) is 6.89. The summed E-state index contributed by atoms with van der Waals surface area (Å²) in [5.74, 6) is 0. The third kappa shape index (κ3) is 7.17. The lowest BCUT2D eigenvalue weighted by molar-refractivity contribution is -0.0898. The zero-order chi connectivity index (χ0) is 17.9. The zero-order valence-corrected chi connectivity index (χ0v) is 15.7. The molecule has 0 saturated carbocycles. The van der Waals surface area contributed by atoms with Crippen molar-refractivity contribution >= 4 is 0 Å². The largest absolute Gasteiger partial charge is 0.396 e. The van der Waals surface area contributed by atoms with Crippen LogP contribution in [-0.4, -0.2) is 116 Å². The molecule has 0 aromatic carbocycles. The van der Waals surface area contributed by atoms with Gasteiger partial charge in [-0.2, -0.15) is 0 Å². The van der Waals surface area contributed by atoms with Crippen molar-refractivity contribution in [2.75, 3.05) is 85.2 Å². The van der Waals surface area contributed by atoms with Crippen LogP contribution in [0.2, 0.25) is 0 Å². The molecule has 25 heavy (non-hydrogen) atoms. The second-order valence-electron chi connectivity index (χ2n) is 6.89. The fourth-order valence-electron chi connectivity index (χ4n) is 3.59. The molecule has 1 N–H and O–H groups in total. The minimum atomic E-state index is 0.0398. The molecule has 0 radical (unpaired) electrons. The van der Waals surface area contributed by atoms with Crippen molar-refractivity contribution in [1.82, 2.24) is 19.6 Å². The van der Waals surface area contributed by atoms with Crippen molar-refractivity contribution in [2.24, 2.45) is 0 Å². The lowest BCUT2D eigenvalue weighted by Gasteiger charge is -2.39. The Kier molecular flexibility index (Phi) is 9.68. The van der Waals surface area contributed by atoms with E-state index in [2.05, 4.69) is 32.8 Å². The maximum atomic E-state index is 9.38. The van der Waals surface area contributed by atoms with Crippen LogP contribution in [0.4, 0.5) is 0 Å². The molecule has 2 fully saturated rings. The van der Waals surface area contributed by atoms with Crippen molar-refractivity contribution in [2.45, 2.75) is 12.6 Å². The van der Waals surface area contributed by atoms with Crippen molar-refractivity contribution < 1.29 is 9.84 Å². The summed E-state index contributed by atoms with van der Waals surface area (Å²) in [6.45, 7) is 20.0. The summed E-state index contributed by atoms with van der Waals surface area (Å²) in [5.41, 5.74) is 0. The Balaban J connectivity index is 1.66. The fraction of sp³-hybridized carbons (Fsp3) is 0.789. The molecule has 2 rings (SSSR count). The molecule has 2 heterocycles. The van der Waals surface area contributed by atoms with Crippen LogP contribution in [0, 0.1) is 0 Å². The van der Waals surface area contributed by atoms with Gasteiger partial charge in [0.25, 0.3) is 0 Å². The average Bonchev–Trinajstić information content (AvgIpc) is 2.64. The molecular weight excluding hydrogens is 316 g/mol. The predicted octanol–water partition coefficient (Wildman–Crippen LogP) is 0.319. The van der Waals surface area contributed by atoms with Gasteiger partial charge in [-0.25, -0.2) is 0 Å². The first-order valence-corrected chi connectivity index (χ1v) is 9.62. The number of ether oxygens (including phenoxy) is 1. The van der Waals surface area contributed by atoms with Crippen LogP contribution in [0.3, 0.4) is 0 Å². The van der Waals surface area contributed by atoms with Crippen molar-refractivity contribution in [3.63, 3.8) is 0 Å². The van der Waals surface area contributed by atoms with Crippen LogP contribution >= 0.6 is 0 Å². The lowest BCUT2D eigenvalue weighted by Crippen LogP contribution is -2.52. The van der Waals surface area contributed by atoms with E-state index in [1.165, 1.54) is 0 Å². The maximum absolute atomic E-state index is 9.38. The van der Waals surface area contributed by atoms with Gasteiger partial charge >= 0.3 is 0 Å². The minimum absolute atomic E-state index is 0.0398. The van der Waals surface area contributed by atoms with Gasteiger partial charge in [0.05, 0.1) is 6.61 Å². The van der Waals surface area contributed by atoms with E-state index in [0.29, 0.717) is 6.42 Å². The van der Waals surface area contributed by atoms with Gasteiger partial charge in [0.2, 0.25) is 0 Å². The summed E-state index contributed by atoms with van der Waals surface area (Å²) in [6.07, 6.45) is 4.67. The summed E-state index contributed by atoms with van der Waals surface area (Å²) in [7, 11) is 0. The highest BCUT2D eigenvalue weighted by molar-refractivity contribution is 4.81. The molecule has 0 aromatic heterocycles. The number of nitrogens with zero attached hydrogens (tertiary/aromatic N) is 4. The van der Waals surface area contributed by atoms with Crippen LogP contribution in [0.1, 0.15) is 6.42 Å². The third-order valence-electron chi connectivity index (χ3n) is 5.15. The Labute approximate surface area is 153 Å². The molecule has 0 aromatic rings. The lowest BCUT2D eigenvalue weighted by atomic mass is 10.2. The molecule has 144 valence electrons. The summed E-state index contributed by atoms with van der Waals surface area (Å²) in [6, 6.07) is 0. The topological polar surface area (TPSA) is 42.4 Å². The van der Waals surface area contributed by atoms with E-state index >= 15 is 0 Å². The number of piperazine rings is 2. The molecular formula is C19H36N4O2. The monoisotopic (exact) mass is 352 g/mol. The number of rotatable bonds is 11. The highest BCUT2D eigenvalue weighted by Gasteiger charge is 2.24. The Bertz CT molecular complexity index is 378. The van der Waals surface area contributed by atoms with Gasteiger partial charge in [-0.15, -0.1) is 13.2 Å². The SMILES string of the molecule is C=CCN1CCN(CCOC(CCO)N2CCN(CC=C)CC2)CC1. The molecule has 2 aliphatic rings. The van der Waals surface area contributed by atoms with Gasteiger partial charge in [-0.05, 0) is 0 Å². The first-order chi connectivity index (χ1) is 12.3. The summed E-state index contributed by atoms with van der Waals surface area (Å²) in [4.78, 5) is 9.68. The molecule has 2 saturated heterocycles. The van der Waals surface area contributed by atoms with Crippen LogP contribution in [-0.2, 0) is 4.74 Å². The van der Waals surface area contributed by atoms with Crippen LogP contribution in [0.5, 0.6) is 0 Å². The average molecular weight is 353 g/mol. The second kappa shape index (κ2) is 11.8. The molecule has 1 atom stereocenters. The minimum Gasteiger partial charge on any atom is -0.396 e. The van der Waals surface area contributed by atoms with Crippen molar-refractivity contribution in [3.05, 3.63) is 25.3 Å². The number of aliphatic hydroxyl groups excluding tert-OH is 1. The molecule has 6 heteroatoms. The molecule has 0 spiro atoms. The summed E-state index contributed by atoms with van der Waals surface area (Å²) < 4.78 is 6.15. The number of hydrogen-bond donors (Lipinski definition) is 1. The van der Waals surface area contributed by atoms with E-state index in [1.54, 1.807) is 0 Å². The van der Waals surface area contributed by atoms with E-state index in [4.69, 9.17) is 4.74 Å². The molecule has 1 unspecified atom stereocenters. The standard InChI is InChI=1S/C19H36N4O2/c1-3-6-20-8-10-22(11-9-20)16-18-25-19(5-17-24)23-14-12-21(7-4-2)13-15-23/h3-4,19,24H,1-2,5-18H2. The first-order valence-electron chi connectivity index (χ1n) is 9.62. The zero-order valence-electron chi connectivity index (χ0n) is 15.7. The summed E-state index contributed by atoms with van der Waals surface area (Å²) >= 11 is 0. The van der Waals surface area contributed by atoms with Crippen molar-refractivity contribution in [3.8, 4) is 0 Å². The first kappa shape index (κ1) is 20.6. The molecule has 0 bridgehead atoms. The van der Waals surface area contributed by atoms with E-state index in [1.807, 2.05) is 12.2 Å². The van der Waals surface area contributed by atoms with E-state index in [-0.39, 0.29) is 12.8 Å². The smallest absolute Gasteiger partial charge is 0.112 e. The molecule has 2 aliphatic heterocycles. The van der Waals surface area contributed by atoms with Gasteiger partial charge in [-0.1, -0.05) is 12.2 Å². The quantitative estimate of drug-likeness (QED) is 0.540. The van der Waals surface area contributed by atoms with Gasteiger partial charge in [0.1, 0.15) is 6.23 Å². The Hall–Kier alpha value is -0.760. The highest BCUT2D eigenvalue weighted by atomic mass is 16.5. The van der Waals surface area contributed by atoms with Crippen molar-refractivity contribution in [1.29, 1.82) is 0 Å². The van der Waals surface area contributed by atoms with Crippen LogP contribution in [0.15, 0.2) is 25.3 Å². The maximum Gasteiger partial charge on any atom is 0.112 e. The van der Waals surface area contributed by atoms with Crippen LogP contribution < -0.4 is 0 Å².